The summed E-state index contributed by atoms with van der Waals surface area (Å²) in [6, 6.07) is 9.78. The summed E-state index contributed by atoms with van der Waals surface area (Å²) in [5.41, 5.74) is 1.84. The van der Waals surface area contributed by atoms with Gasteiger partial charge in [0, 0.05) is 26.2 Å². The minimum atomic E-state index is -0.00852. The van der Waals surface area contributed by atoms with Gasteiger partial charge in [-0.05, 0) is 11.6 Å². The number of hydrogen-bond acceptors (Lipinski definition) is 4. The second-order valence-corrected chi connectivity index (χ2v) is 5.16. The number of carbonyl (C=O) groups excluding carboxylic acids is 1. The molecule has 0 saturated heterocycles. The third-order valence-electron chi connectivity index (χ3n) is 3.57. The number of amides is 1. The topological polar surface area (TPSA) is 55.6 Å². The van der Waals surface area contributed by atoms with E-state index in [9.17, 15) is 4.79 Å². The fourth-order valence-electron chi connectivity index (χ4n) is 2.46. The van der Waals surface area contributed by atoms with Gasteiger partial charge in [-0.3, -0.25) is 4.79 Å². The summed E-state index contributed by atoms with van der Waals surface area (Å²) in [6.45, 7) is 1.49. The summed E-state index contributed by atoms with van der Waals surface area (Å²) < 4.78 is 10.6. The summed E-state index contributed by atoms with van der Waals surface area (Å²) in [5, 5.41) is 0. The van der Waals surface area contributed by atoms with E-state index in [0.29, 0.717) is 32.0 Å². The standard InChI is InChI=1S/C17H18N2O3/c1-21-12-16-18-14-11-19(10-9-15(14)22-16)17(20)8-7-13-5-3-2-4-6-13/h2-8H,9-12H2,1H3. The summed E-state index contributed by atoms with van der Waals surface area (Å²) in [4.78, 5) is 18.4. The lowest BCUT2D eigenvalue weighted by atomic mass is 10.1. The van der Waals surface area contributed by atoms with Crippen molar-refractivity contribution in [3.8, 4) is 0 Å². The third-order valence-corrected chi connectivity index (χ3v) is 3.57. The van der Waals surface area contributed by atoms with Gasteiger partial charge < -0.3 is 14.1 Å². The fourth-order valence-corrected chi connectivity index (χ4v) is 2.46. The molecular weight excluding hydrogens is 280 g/mol. The molecule has 0 N–H and O–H groups in total. The Morgan fingerprint density at radius 1 is 1.41 bits per heavy atom. The fraction of sp³-hybridized carbons (Fsp3) is 0.294. The minimum absolute atomic E-state index is 0.00852. The number of benzene rings is 1. The van der Waals surface area contributed by atoms with Crippen LogP contribution in [0.25, 0.3) is 6.08 Å². The molecule has 2 aromatic rings. The highest BCUT2D eigenvalue weighted by Crippen LogP contribution is 2.20. The molecule has 114 valence electrons. The number of carbonyl (C=O) groups is 1. The van der Waals surface area contributed by atoms with Crippen LogP contribution in [0.4, 0.5) is 0 Å². The molecule has 2 heterocycles. The Kier molecular flexibility index (Phi) is 4.34. The molecule has 1 amide bonds. The highest BCUT2D eigenvalue weighted by atomic mass is 16.5. The van der Waals surface area contributed by atoms with Gasteiger partial charge in [-0.25, -0.2) is 4.98 Å². The Balaban J connectivity index is 1.66. The maximum absolute atomic E-state index is 12.3. The summed E-state index contributed by atoms with van der Waals surface area (Å²) in [5.74, 6) is 1.43. The number of oxazole rings is 1. The first-order chi connectivity index (χ1) is 10.8. The number of ether oxygens (including phenoxy) is 1. The van der Waals surface area contributed by atoms with E-state index in [1.54, 1.807) is 18.1 Å². The number of rotatable bonds is 4. The van der Waals surface area contributed by atoms with E-state index in [-0.39, 0.29) is 5.91 Å². The molecule has 0 atom stereocenters. The molecule has 0 unspecified atom stereocenters. The summed E-state index contributed by atoms with van der Waals surface area (Å²) in [6.07, 6.45) is 4.13. The van der Waals surface area contributed by atoms with Crippen LogP contribution in [-0.2, 0) is 29.1 Å². The van der Waals surface area contributed by atoms with Crippen LogP contribution in [0.1, 0.15) is 22.9 Å². The Morgan fingerprint density at radius 2 is 2.23 bits per heavy atom. The van der Waals surface area contributed by atoms with Gasteiger partial charge in [0.15, 0.2) is 0 Å². The van der Waals surface area contributed by atoms with E-state index in [1.165, 1.54) is 0 Å². The minimum Gasteiger partial charge on any atom is -0.443 e. The van der Waals surface area contributed by atoms with Crippen LogP contribution in [-0.4, -0.2) is 29.4 Å². The van der Waals surface area contributed by atoms with Gasteiger partial charge in [0.1, 0.15) is 18.1 Å². The van der Waals surface area contributed by atoms with Gasteiger partial charge in [-0.15, -0.1) is 0 Å². The summed E-state index contributed by atoms with van der Waals surface area (Å²) in [7, 11) is 1.60. The van der Waals surface area contributed by atoms with Crippen LogP contribution >= 0.6 is 0 Å². The van der Waals surface area contributed by atoms with E-state index in [1.807, 2.05) is 36.4 Å². The van der Waals surface area contributed by atoms with Gasteiger partial charge >= 0.3 is 0 Å². The molecule has 1 aromatic heterocycles. The molecule has 0 fully saturated rings. The zero-order valence-electron chi connectivity index (χ0n) is 12.5. The maximum Gasteiger partial charge on any atom is 0.246 e. The maximum atomic E-state index is 12.3. The van der Waals surface area contributed by atoms with Crippen LogP contribution in [0.3, 0.4) is 0 Å². The highest BCUT2D eigenvalue weighted by molar-refractivity contribution is 5.91. The van der Waals surface area contributed by atoms with E-state index >= 15 is 0 Å². The Morgan fingerprint density at radius 3 is 3.00 bits per heavy atom. The predicted octanol–water partition coefficient (Wildman–Crippen LogP) is 2.42. The third kappa shape index (κ3) is 3.26. The molecule has 0 spiro atoms. The molecule has 0 bridgehead atoms. The molecule has 0 aliphatic carbocycles. The van der Waals surface area contributed by atoms with Crippen LogP contribution in [0, 0.1) is 0 Å². The van der Waals surface area contributed by atoms with Crippen molar-refractivity contribution in [2.45, 2.75) is 19.6 Å². The largest absolute Gasteiger partial charge is 0.443 e. The highest BCUT2D eigenvalue weighted by Gasteiger charge is 2.24. The van der Waals surface area contributed by atoms with Gasteiger partial charge in [0.05, 0.1) is 6.54 Å². The lowest BCUT2D eigenvalue weighted by Crippen LogP contribution is -2.34. The number of nitrogens with zero attached hydrogens (tertiary/aromatic N) is 2. The average Bonchev–Trinajstić information content (AvgIpc) is 2.95. The lowest BCUT2D eigenvalue weighted by Gasteiger charge is -2.24. The predicted molar refractivity (Wildman–Crippen MR) is 81.8 cm³/mol. The molecule has 5 nitrogen and oxygen atoms in total. The molecule has 5 heteroatoms. The van der Waals surface area contributed by atoms with Crippen molar-refractivity contribution in [3.05, 3.63) is 59.3 Å². The van der Waals surface area contributed by atoms with Gasteiger partial charge in [0.2, 0.25) is 11.8 Å². The van der Waals surface area contributed by atoms with Crippen molar-refractivity contribution < 1.29 is 13.9 Å². The van der Waals surface area contributed by atoms with Crippen molar-refractivity contribution >= 4 is 12.0 Å². The van der Waals surface area contributed by atoms with Crippen molar-refractivity contribution in [2.24, 2.45) is 0 Å². The van der Waals surface area contributed by atoms with Crippen LogP contribution in [0.15, 0.2) is 40.8 Å². The molecular formula is C17H18N2O3. The first kappa shape index (κ1) is 14.5. The first-order valence-electron chi connectivity index (χ1n) is 7.24. The Labute approximate surface area is 129 Å². The van der Waals surface area contributed by atoms with Gasteiger partial charge in [-0.2, -0.15) is 0 Å². The Bertz CT molecular complexity index is 676. The number of hydrogen-bond donors (Lipinski definition) is 0. The number of aromatic nitrogens is 1. The number of methoxy groups -OCH3 is 1. The zero-order valence-corrected chi connectivity index (χ0v) is 12.5. The van der Waals surface area contributed by atoms with Crippen molar-refractivity contribution in [1.82, 2.24) is 9.88 Å². The first-order valence-corrected chi connectivity index (χ1v) is 7.24. The Hall–Kier alpha value is -2.40. The lowest BCUT2D eigenvalue weighted by molar-refractivity contribution is -0.126. The van der Waals surface area contributed by atoms with E-state index in [4.69, 9.17) is 9.15 Å². The SMILES string of the molecule is COCc1nc2c(o1)CCN(C(=O)C=Cc1ccccc1)C2. The second kappa shape index (κ2) is 6.58. The normalized spacial score (nSPS) is 14.3. The van der Waals surface area contributed by atoms with Crippen LogP contribution in [0.5, 0.6) is 0 Å². The monoisotopic (exact) mass is 298 g/mol. The van der Waals surface area contributed by atoms with Gasteiger partial charge in [-0.1, -0.05) is 30.3 Å². The molecule has 22 heavy (non-hydrogen) atoms. The van der Waals surface area contributed by atoms with Crippen LogP contribution < -0.4 is 0 Å². The van der Waals surface area contributed by atoms with Crippen molar-refractivity contribution in [2.75, 3.05) is 13.7 Å². The smallest absolute Gasteiger partial charge is 0.246 e. The van der Waals surface area contributed by atoms with Crippen LogP contribution in [0.2, 0.25) is 0 Å². The van der Waals surface area contributed by atoms with Crippen molar-refractivity contribution in [3.63, 3.8) is 0 Å². The van der Waals surface area contributed by atoms with E-state index in [2.05, 4.69) is 4.98 Å². The quantitative estimate of drug-likeness (QED) is 0.813. The van der Waals surface area contributed by atoms with E-state index < -0.39 is 0 Å². The molecule has 1 aliphatic rings. The van der Waals surface area contributed by atoms with Crippen molar-refractivity contribution in [1.29, 1.82) is 0 Å². The molecule has 3 rings (SSSR count). The molecule has 0 radical (unpaired) electrons. The zero-order chi connectivity index (χ0) is 15.4. The molecule has 1 aliphatic heterocycles. The second-order valence-electron chi connectivity index (χ2n) is 5.16. The molecule has 1 aromatic carbocycles. The summed E-state index contributed by atoms with van der Waals surface area (Å²) >= 11 is 0. The van der Waals surface area contributed by atoms with E-state index in [0.717, 1.165) is 17.0 Å². The van der Waals surface area contributed by atoms with Gasteiger partial charge in [0.25, 0.3) is 0 Å². The average molecular weight is 298 g/mol. The number of fused-ring (bicyclic) bond motifs is 1. The molecule has 0 saturated carbocycles.